The number of hydrazine groups is 1. The summed E-state index contributed by atoms with van der Waals surface area (Å²) >= 11 is 0. The summed E-state index contributed by atoms with van der Waals surface area (Å²) in [4.78, 5) is 17.4. The third-order valence-electron chi connectivity index (χ3n) is 5.24. The molecule has 1 atom stereocenters. The number of aromatic nitrogens is 1. The molecule has 3 aliphatic rings. The van der Waals surface area contributed by atoms with Crippen molar-refractivity contribution < 1.29 is 8.78 Å². The highest BCUT2D eigenvalue weighted by molar-refractivity contribution is 6.18. The van der Waals surface area contributed by atoms with Gasteiger partial charge in [0.1, 0.15) is 11.6 Å². The van der Waals surface area contributed by atoms with E-state index >= 15 is 0 Å². The molecular formula is C20H16F2N4O. The molecule has 0 amide bonds. The Morgan fingerprint density at radius 1 is 1.19 bits per heavy atom. The zero-order valence-electron chi connectivity index (χ0n) is 14.5. The predicted octanol–water partition coefficient (Wildman–Crippen LogP) is 2.69. The highest BCUT2D eigenvalue weighted by atomic mass is 19.1. The minimum atomic E-state index is -0.477. The van der Waals surface area contributed by atoms with E-state index in [-0.39, 0.29) is 23.0 Å². The molecule has 136 valence electrons. The van der Waals surface area contributed by atoms with Gasteiger partial charge in [-0.1, -0.05) is 0 Å². The average molecular weight is 366 g/mol. The van der Waals surface area contributed by atoms with Gasteiger partial charge >= 0.3 is 0 Å². The Balaban J connectivity index is 1.69. The van der Waals surface area contributed by atoms with Crippen LogP contribution in [0.2, 0.25) is 0 Å². The first-order valence-electron chi connectivity index (χ1n) is 8.72. The Bertz CT molecular complexity index is 1110. The largest absolute Gasteiger partial charge is 0.318 e. The number of halogens is 2. The summed E-state index contributed by atoms with van der Waals surface area (Å²) in [6.07, 6.45) is 3.69. The summed E-state index contributed by atoms with van der Waals surface area (Å²) in [6.45, 7) is 0.523. The number of pyridine rings is 1. The number of hydrogen-bond donors (Lipinski definition) is 1. The fourth-order valence-corrected chi connectivity index (χ4v) is 3.95. The number of aliphatic imine (C=N–C) groups is 1. The van der Waals surface area contributed by atoms with Gasteiger partial charge in [0.15, 0.2) is 0 Å². The molecule has 0 radical (unpaired) electrons. The van der Waals surface area contributed by atoms with Gasteiger partial charge in [0.2, 0.25) is 0 Å². The lowest BCUT2D eigenvalue weighted by Gasteiger charge is -2.31. The van der Waals surface area contributed by atoms with E-state index in [0.29, 0.717) is 29.9 Å². The quantitative estimate of drug-likeness (QED) is 0.844. The Kier molecular flexibility index (Phi) is 3.34. The van der Waals surface area contributed by atoms with E-state index in [1.54, 1.807) is 31.4 Å². The first-order chi connectivity index (χ1) is 13.0. The third-order valence-corrected chi connectivity index (χ3v) is 5.24. The topological polar surface area (TPSA) is 49.6 Å². The molecule has 27 heavy (non-hydrogen) atoms. The Morgan fingerprint density at radius 2 is 1.96 bits per heavy atom. The van der Waals surface area contributed by atoms with Crippen molar-refractivity contribution in [2.45, 2.75) is 12.5 Å². The average Bonchev–Trinajstić information content (AvgIpc) is 2.97. The van der Waals surface area contributed by atoms with Crippen LogP contribution in [0.1, 0.15) is 17.5 Å². The number of allylic oxidation sites excluding steroid dienone is 1. The van der Waals surface area contributed by atoms with Crippen LogP contribution in [0, 0.1) is 5.82 Å². The molecule has 1 N–H and O–H groups in total. The van der Waals surface area contributed by atoms with Gasteiger partial charge in [0.05, 0.1) is 28.7 Å². The second-order valence-electron chi connectivity index (χ2n) is 6.83. The van der Waals surface area contributed by atoms with Gasteiger partial charge < -0.3 is 4.57 Å². The molecule has 0 spiro atoms. The SMILES string of the molecule is Cn1ccc2c(c1=O)C1=NCCC3C1=C(C=C2F)NN3c1ccc(F)cc1. The molecule has 0 saturated carbocycles. The number of benzene rings is 1. The van der Waals surface area contributed by atoms with E-state index in [2.05, 4.69) is 10.4 Å². The lowest BCUT2D eigenvalue weighted by molar-refractivity contribution is 0.613. The first kappa shape index (κ1) is 16.0. The molecule has 0 saturated heterocycles. The fraction of sp³-hybridized carbons (Fsp3) is 0.200. The molecule has 5 nitrogen and oxygen atoms in total. The summed E-state index contributed by atoms with van der Waals surface area (Å²) in [6, 6.07) is 7.62. The third kappa shape index (κ3) is 2.27. The van der Waals surface area contributed by atoms with Crippen LogP contribution in [-0.4, -0.2) is 22.9 Å². The highest BCUT2D eigenvalue weighted by Gasteiger charge is 2.40. The van der Waals surface area contributed by atoms with E-state index in [9.17, 15) is 13.6 Å². The van der Waals surface area contributed by atoms with Crippen LogP contribution >= 0.6 is 0 Å². The van der Waals surface area contributed by atoms with Gasteiger partial charge in [-0.25, -0.2) is 8.78 Å². The molecule has 3 heterocycles. The molecule has 0 fully saturated rings. The Labute approximate surface area is 153 Å². The molecule has 1 unspecified atom stereocenters. The van der Waals surface area contributed by atoms with Crippen LogP contribution in [0.15, 0.2) is 63.7 Å². The molecule has 5 rings (SSSR count). The van der Waals surface area contributed by atoms with E-state index < -0.39 is 5.83 Å². The monoisotopic (exact) mass is 366 g/mol. The Hall–Kier alpha value is -3.22. The molecule has 2 aliphatic heterocycles. The fourth-order valence-electron chi connectivity index (χ4n) is 3.95. The number of rotatable bonds is 1. The predicted molar refractivity (Wildman–Crippen MR) is 99.6 cm³/mol. The van der Waals surface area contributed by atoms with Crippen LogP contribution in [0.3, 0.4) is 0 Å². The maximum Gasteiger partial charge on any atom is 0.260 e. The maximum atomic E-state index is 14.9. The zero-order valence-corrected chi connectivity index (χ0v) is 14.5. The number of nitrogens with zero attached hydrogens (tertiary/aromatic N) is 3. The van der Waals surface area contributed by atoms with Crippen LogP contribution in [-0.2, 0) is 7.05 Å². The van der Waals surface area contributed by atoms with Gasteiger partial charge in [-0.15, -0.1) is 0 Å². The molecule has 1 aromatic carbocycles. The molecular weight excluding hydrogens is 350 g/mol. The van der Waals surface area contributed by atoms with Gasteiger partial charge in [-0.3, -0.25) is 20.2 Å². The number of hydrogen-bond acceptors (Lipinski definition) is 4. The maximum absolute atomic E-state index is 14.9. The number of anilines is 1. The lowest BCUT2D eigenvalue weighted by Crippen LogP contribution is -2.43. The lowest BCUT2D eigenvalue weighted by atomic mass is 9.91. The van der Waals surface area contributed by atoms with Crippen LogP contribution in [0.25, 0.3) is 5.83 Å². The van der Waals surface area contributed by atoms with E-state index in [1.807, 2.05) is 5.01 Å². The van der Waals surface area contributed by atoms with Gasteiger partial charge in [-0.05, 0) is 42.8 Å². The van der Waals surface area contributed by atoms with E-state index in [4.69, 9.17) is 0 Å². The second-order valence-corrected chi connectivity index (χ2v) is 6.83. The summed E-state index contributed by atoms with van der Waals surface area (Å²) in [5, 5.41) is 1.89. The summed E-state index contributed by atoms with van der Waals surface area (Å²) in [5.74, 6) is -0.795. The highest BCUT2D eigenvalue weighted by Crippen LogP contribution is 2.38. The molecule has 1 aliphatic carbocycles. The van der Waals surface area contributed by atoms with Gasteiger partial charge in [0, 0.05) is 30.9 Å². The molecule has 7 heteroatoms. The molecule has 0 bridgehead atoms. The summed E-state index contributed by atoms with van der Waals surface area (Å²) in [7, 11) is 1.64. The van der Waals surface area contributed by atoms with Crippen molar-refractivity contribution in [3.63, 3.8) is 0 Å². The standard InChI is InChI=1S/C20H16F2N4O/c1-25-9-7-13-14(22)10-15-18-16(6-8-23-19(18)17(13)20(25)27)26(24-15)12-4-2-11(21)3-5-12/h2-5,7,9-10,16,24H,6,8H2,1H3. The van der Waals surface area contributed by atoms with Crippen molar-refractivity contribution in [3.8, 4) is 0 Å². The van der Waals surface area contributed by atoms with E-state index in [0.717, 1.165) is 11.3 Å². The van der Waals surface area contributed by atoms with Crippen molar-refractivity contribution in [2.75, 3.05) is 11.6 Å². The van der Waals surface area contributed by atoms with Crippen molar-refractivity contribution >= 4 is 17.2 Å². The zero-order chi connectivity index (χ0) is 18.7. The minimum Gasteiger partial charge on any atom is -0.318 e. The molecule has 2 aromatic rings. The smallest absolute Gasteiger partial charge is 0.260 e. The normalized spacial score (nSPS) is 20.4. The van der Waals surface area contributed by atoms with Crippen LogP contribution in [0.5, 0.6) is 0 Å². The number of nitrogens with one attached hydrogen (secondary N) is 1. The van der Waals surface area contributed by atoms with Gasteiger partial charge in [-0.2, -0.15) is 0 Å². The van der Waals surface area contributed by atoms with Crippen molar-refractivity contribution in [2.24, 2.45) is 12.0 Å². The van der Waals surface area contributed by atoms with Crippen LogP contribution < -0.4 is 16.0 Å². The number of aryl methyl sites for hydroxylation is 1. The van der Waals surface area contributed by atoms with Crippen molar-refractivity contribution in [3.05, 3.63) is 81.2 Å². The van der Waals surface area contributed by atoms with Crippen LogP contribution in [0.4, 0.5) is 14.5 Å². The van der Waals surface area contributed by atoms with E-state index in [1.165, 1.54) is 22.8 Å². The second kappa shape index (κ2) is 5.64. The minimum absolute atomic E-state index is 0.113. The van der Waals surface area contributed by atoms with Gasteiger partial charge in [0.25, 0.3) is 5.56 Å². The first-order valence-corrected chi connectivity index (χ1v) is 8.72. The van der Waals surface area contributed by atoms with Crippen molar-refractivity contribution in [1.29, 1.82) is 0 Å². The molecule has 1 aromatic heterocycles. The number of fused-ring (bicyclic) bond motifs is 2. The summed E-state index contributed by atoms with van der Waals surface area (Å²) in [5.41, 5.74) is 6.21. The van der Waals surface area contributed by atoms with Crippen molar-refractivity contribution in [1.82, 2.24) is 9.99 Å². The Morgan fingerprint density at radius 3 is 2.74 bits per heavy atom. The summed E-state index contributed by atoms with van der Waals surface area (Å²) < 4.78 is 29.7.